The molecule has 0 heterocycles. The van der Waals surface area contributed by atoms with Gasteiger partial charge in [-0.2, -0.15) is 0 Å². The van der Waals surface area contributed by atoms with Crippen LogP contribution in [0.3, 0.4) is 0 Å². The standard InChI is InChI=1S/C31H50O4/c1-18(2)19(3)9-10-20(27(34)35)23-17-26(33)31(8)22-11-12-24-28(4,5)25(32)14-15-29(24,6)21(22)13-16-30(23,31)7/h18,20,23-26,32-33H,3,9-17H2,1-2,4-8H3,(H,34,35)/t20-,23+,24-,25+,26+,29-,30+,31-/m1/s1. The predicted molar refractivity (Wildman–Crippen MR) is 141 cm³/mol. The fourth-order valence-electron chi connectivity index (χ4n) is 9.49. The Morgan fingerprint density at radius 1 is 1.00 bits per heavy atom. The number of aliphatic carboxylic acids is 1. The summed E-state index contributed by atoms with van der Waals surface area (Å²) in [5.74, 6) is -0.415. The molecule has 0 radical (unpaired) electrons. The smallest absolute Gasteiger partial charge is 0.306 e. The van der Waals surface area contributed by atoms with E-state index < -0.39 is 18.0 Å². The van der Waals surface area contributed by atoms with Crippen molar-refractivity contribution in [1.82, 2.24) is 0 Å². The number of hydrogen-bond donors (Lipinski definition) is 3. The van der Waals surface area contributed by atoms with Crippen LogP contribution >= 0.6 is 0 Å². The first-order chi connectivity index (χ1) is 16.1. The van der Waals surface area contributed by atoms with Crippen LogP contribution in [0.4, 0.5) is 0 Å². The quantitative estimate of drug-likeness (QED) is 0.362. The van der Waals surface area contributed by atoms with Crippen LogP contribution < -0.4 is 0 Å². The first-order valence-corrected chi connectivity index (χ1v) is 14.1. The molecular weight excluding hydrogens is 436 g/mol. The highest BCUT2D eigenvalue weighted by molar-refractivity contribution is 5.71. The zero-order valence-electron chi connectivity index (χ0n) is 23.3. The molecule has 0 aromatic carbocycles. The Kier molecular flexibility index (Phi) is 6.71. The molecule has 4 heteroatoms. The molecule has 35 heavy (non-hydrogen) atoms. The minimum absolute atomic E-state index is 0.0378. The van der Waals surface area contributed by atoms with Crippen molar-refractivity contribution in [3.8, 4) is 0 Å². The topological polar surface area (TPSA) is 77.8 Å². The zero-order chi connectivity index (χ0) is 26.1. The van der Waals surface area contributed by atoms with Gasteiger partial charge < -0.3 is 15.3 Å². The Hall–Kier alpha value is -1.13. The lowest BCUT2D eigenvalue weighted by Crippen LogP contribution is -2.56. The van der Waals surface area contributed by atoms with E-state index in [1.54, 1.807) is 0 Å². The summed E-state index contributed by atoms with van der Waals surface area (Å²) in [5.41, 5.74) is 3.40. The molecule has 4 nitrogen and oxygen atoms in total. The molecule has 4 aliphatic carbocycles. The van der Waals surface area contributed by atoms with Gasteiger partial charge in [0.25, 0.3) is 0 Å². The summed E-state index contributed by atoms with van der Waals surface area (Å²) >= 11 is 0. The molecule has 198 valence electrons. The summed E-state index contributed by atoms with van der Waals surface area (Å²) in [6, 6.07) is 0. The number of allylic oxidation sites excluding steroid dienone is 2. The number of fused-ring (bicyclic) bond motifs is 4. The molecule has 0 aromatic heterocycles. The van der Waals surface area contributed by atoms with E-state index in [0.717, 1.165) is 50.5 Å². The normalized spacial score (nSPS) is 43.4. The van der Waals surface area contributed by atoms with Crippen LogP contribution in [0.15, 0.2) is 23.3 Å². The van der Waals surface area contributed by atoms with E-state index in [4.69, 9.17) is 0 Å². The first kappa shape index (κ1) is 26.9. The highest BCUT2D eigenvalue weighted by atomic mass is 16.4. The van der Waals surface area contributed by atoms with Crippen LogP contribution in [0.1, 0.15) is 106 Å². The number of rotatable bonds is 6. The summed E-state index contributed by atoms with van der Waals surface area (Å²) < 4.78 is 0. The highest BCUT2D eigenvalue weighted by Crippen LogP contribution is 2.72. The molecule has 0 amide bonds. The Bertz CT molecular complexity index is 915. The largest absolute Gasteiger partial charge is 0.481 e. The maximum Gasteiger partial charge on any atom is 0.306 e. The van der Waals surface area contributed by atoms with Gasteiger partial charge in [0, 0.05) is 5.41 Å². The van der Waals surface area contributed by atoms with Gasteiger partial charge in [0.2, 0.25) is 0 Å². The van der Waals surface area contributed by atoms with Gasteiger partial charge >= 0.3 is 5.97 Å². The van der Waals surface area contributed by atoms with Crippen LogP contribution in [0.2, 0.25) is 0 Å². The average Bonchev–Trinajstić information content (AvgIpc) is 2.98. The van der Waals surface area contributed by atoms with Gasteiger partial charge in [0.15, 0.2) is 0 Å². The number of aliphatic hydroxyl groups is 2. The van der Waals surface area contributed by atoms with Crippen LogP contribution in [-0.2, 0) is 4.79 Å². The molecule has 0 saturated heterocycles. The van der Waals surface area contributed by atoms with Gasteiger partial charge in [-0.25, -0.2) is 0 Å². The number of carbonyl (C=O) groups is 1. The molecule has 0 aromatic rings. The van der Waals surface area contributed by atoms with E-state index in [1.807, 2.05) is 0 Å². The molecule has 0 aliphatic heterocycles. The van der Waals surface area contributed by atoms with Crippen molar-refractivity contribution >= 4 is 5.97 Å². The van der Waals surface area contributed by atoms with Gasteiger partial charge in [-0.15, -0.1) is 0 Å². The third-order valence-electron chi connectivity index (χ3n) is 12.3. The van der Waals surface area contributed by atoms with Crippen molar-refractivity contribution in [2.75, 3.05) is 0 Å². The molecular formula is C31H50O4. The number of hydrogen-bond acceptors (Lipinski definition) is 3. The van der Waals surface area contributed by atoms with Crippen LogP contribution in [0, 0.1) is 45.3 Å². The monoisotopic (exact) mass is 486 g/mol. The molecule has 2 saturated carbocycles. The molecule has 2 fully saturated rings. The second-order valence-corrected chi connectivity index (χ2v) is 14.1. The minimum atomic E-state index is -0.720. The van der Waals surface area contributed by atoms with E-state index in [0.29, 0.717) is 24.7 Å². The molecule has 8 atom stereocenters. The Balaban J connectivity index is 1.72. The predicted octanol–water partition coefficient (Wildman–Crippen LogP) is 6.76. The van der Waals surface area contributed by atoms with Crippen LogP contribution in [0.5, 0.6) is 0 Å². The fraction of sp³-hybridized carbons (Fsp3) is 0.839. The average molecular weight is 487 g/mol. The lowest BCUT2D eigenvalue weighted by atomic mass is 9.43. The van der Waals surface area contributed by atoms with E-state index in [2.05, 4.69) is 55.0 Å². The first-order valence-electron chi connectivity index (χ1n) is 14.1. The Labute approximate surface area is 213 Å². The highest BCUT2D eigenvalue weighted by Gasteiger charge is 2.67. The van der Waals surface area contributed by atoms with E-state index >= 15 is 0 Å². The zero-order valence-corrected chi connectivity index (χ0v) is 23.3. The van der Waals surface area contributed by atoms with Gasteiger partial charge in [0.1, 0.15) is 0 Å². The fourth-order valence-corrected chi connectivity index (χ4v) is 9.49. The number of carboxylic acid groups (broad SMARTS) is 1. The van der Waals surface area contributed by atoms with Crippen molar-refractivity contribution in [3.05, 3.63) is 23.3 Å². The third-order valence-corrected chi connectivity index (χ3v) is 12.3. The van der Waals surface area contributed by atoms with Crippen molar-refractivity contribution < 1.29 is 20.1 Å². The molecule has 0 unspecified atom stereocenters. The lowest BCUT2D eigenvalue weighted by molar-refractivity contribution is -0.147. The summed E-state index contributed by atoms with van der Waals surface area (Å²) in [7, 11) is 0. The maximum absolute atomic E-state index is 12.6. The third kappa shape index (κ3) is 3.71. The molecule has 4 rings (SSSR count). The van der Waals surface area contributed by atoms with Crippen LogP contribution in [-0.4, -0.2) is 33.5 Å². The van der Waals surface area contributed by atoms with Crippen LogP contribution in [0.25, 0.3) is 0 Å². The van der Waals surface area contributed by atoms with Crippen molar-refractivity contribution in [3.63, 3.8) is 0 Å². The van der Waals surface area contributed by atoms with Crippen molar-refractivity contribution in [2.24, 2.45) is 45.3 Å². The van der Waals surface area contributed by atoms with Crippen molar-refractivity contribution in [2.45, 2.75) is 118 Å². The SMILES string of the molecule is C=C(CC[C@@H](C(=O)O)[C@@H]1C[C@H](O)[C@@]2(C)C3=C(CC[C@@]12C)[C@@]1(C)CC[C@H](O)C(C)(C)[C@H]1CC3)C(C)C. The molecule has 3 N–H and O–H groups in total. The van der Waals surface area contributed by atoms with Crippen molar-refractivity contribution in [1.29, 1.82) is 0 Å². The Morgan fingerprint density at radius 2 is 1.66 bits per heavy atom. The number of carboxylic acids is 1. The minimum Gasteiger partial charge on any atom is -0.481 e. The van der Waals surface area contributed by atoms with E-state index in [9.17, 15) is 20.1 Å². The van der Waals surface area contributed by atoms with E-state index in [1.165, 1.54) is 11.1 Å². The number of aliphatic hydroxyl groups excluding tert-OH is 2. The van der Waals surface area contributed by atoms with E-state index in [-0.39, 0.29) is 33.7 Å². The lowest BCUT2D eigenvalue weighted by Gasteiger charge is -2.62. The molecule has 0 spiro atoms. The molecule has 4 aliphatic rings. The summed E-state index contributed by atoms with van der Waals surface area (Å²) in [6.45, 7) is 19.9. The van der Waals surface area contributed by atoms with Gasteiger partial charge in [0.05, 0.1) is 18.1 Å². The second kappa shape index (κ2) is 8.72. The molecule has 0 bridgehead atoms. The second-order valence-electron chi connectivity index (χ2n) is 14.1. The van der Waals surface area contributed by atoms with Gasteiger partial charge in [-0.05, 0) is 91.8 Å². The van der Waals surface area contributed by atoms with Gasteiger partial charge in [-0.3, -0.25) is 4.79 Å². The Morgan fingerprint density at radius 3 is 2.26 bits per heavy atom. The maximum atomic E-state index is 12.6. The summed E-state index contributed by atoms with van der Waals surface area (Å²) in [5, 5.41) is 32.8. The summed E-state index contributed by atoms with van der Waals surface area (Å²) in [4.78, 5) is 12.6. The summed E-state index contributed by atoms with van der Waals surface area (Å²) in [6.07, 6.45) is 6.90. The van der Waals surface area contributed by atoms with Gasteiger partial charge in [-0.1, -0.05) is 71.8 Å².